The molecule has 3 aromatic rings. The molecule has 2 heterocycles. The Morgan fingerprint density at radius 2 is 1.81 bits per heavy atom. The second-order valence-corrected chi connectivity index (χ2v) is 5.94. The van der Waals surface area contributed by atoms with E-state index in [1.54, 1.807) is 26.8 Å². The first-order valence-corrected chi connectivity index (χ1v) is 7.93. The molecular formula is C18H15F3N4O2. The average Bonchev–Trinajstić information content (AvgIpc) is 2.99. The highest BCUT2D eigenvalue weighted by molar-refractivity contribution is 6.06. The quantitative estimate of drug-likeness (QED) is 0.736. The molecule has 0 aliphatic rings. The van der Waals surface area contributed by atoms with E-state index in [0.29, 0.717) is 22.7 Å². The van der Waals surface area contributed by atoms with Crippen molar-refractivity contribution in [2.75, 3.05) is 5.32 Å². The maximum absolute atomic E-state index is 13.2. The van der Waals surface area contributed by atoms with Crippen LogP contribution in [0, 0.1) is 20.8 Å². The standard InChI is InChI=1S/C18H15F3N4O2/c1-9-8-10(2)22-15(14(9)16-23-11(3)27-25-16)24-17(26)12-6-4-5-7-13(12)18(19,20)21/h4-8H,1-3H3,(H,22,24,26). The van der Waals surface area contributed by atoms with Crippen molar-refractivity contribution in [3.8, 4) is 11.4 Å². The third-order valence-corrected chi connectivity index (χ3v) is 3.80. The lowest BCUT2D eigenvalue weighted by molar-refractivity contribution is -0.137. The van der Waals surface area contributed by atoms with Crippen molar-refractivity contribution < 1.29 is 22.5 Å². The highest BCUT2D eigenvalue weighted by Crippen LogP contribution is 2.33. The second kappa shape index (κ2) is 6.82. The molecule has 9 heteroatoms. The largest absolute Gasteiger partial charge is 0.417 e. The van der Waals surface area contributed by atoms with Crippen molar-refractivity contribution in [1.82, 2.24) is 15.1 Å². The fourth-order valence-corrected chi connectivity index (χ4v) is 2.71. The Labute approximate surface area is 152 Å². The number of carbonyl (C=O) groups excluding carboxylic acids is 1. The van der Waals surface area contributed by atoms with Gasteiger partial charge in [0.1, 0.15) is 5.82 Å². The Morgan fingerprint density at radius 1 is 1.11 bits per heavy atom. The maximum atomic E-state index is 13.2. The fourth-order valence-electron chi connectivity index (χ4n) is 2.71. The number of rotatable bonds is 3. The third-order valence-electron chi connectivity index (χ3n) is 3.80. The summed E-state index contributed by atoms with van der Waals surface area (Å²) in [5.74, 6) is -0.362. The molecule has 0 radical (unpaired) electrons. The first-order chi connectivity index (χ1) is 12.7. The number of amides is 1. The van der Waals surface area contributed by atoms with E-state index in [-0.39, 0.29) is 11.6 Å². The van der Waals surface area contributed by atoms with Gasteiger partial charge in [-0.05, 0) is 37.6 Å². The zero-order chi connectivity index (χ0) is 19.8. The molecule has 2 aromatic heterocycles. The number of benzene rings is 1. The zero-order valence-electron chi connectivity index (χ0n) is 14.7. The third kappa shape index (κ3) is 3.81. The first kappa shape index (κ1) is 18.6. The van der Waals surface area contributed by atoms with Crippen LogP contribution in [0.25, 0.3) is 11.4 Å². The van der Waals surface area contributed by atoms with Gasteiger partial charge in [-0.3, -0.25) is 4.79 Å². The van der Waals surface area contributed by atoms with Gasteiger partial charge in [-0.2, -0.15) is 18.2 Å². The SMILES string of the molecule is Cc1cc(C)c(-c2noc(C)n2)c(NC(=O)c2ccccc2C(F)(F)F)n1. The lowest BCUT2D eigenvalue weighted by Gasteiger charge is -2.14. The number of pyridine rings is 1. The van der Waals surface area contributed by atoms with Crippen molar-refractivity contribution in [2.45, 2.75) is 26.9 Å². The van der Waals surface area contributed by atoms with Gasteiger partial charge in [0.15, 0.2) is 0 Å². The van der Waals surface area contributed by atoms with E-state index >= 15 is 0 Å². The molecule has 27 heavy (non-hydrogen) atoms. The maximum Gasteiger partial charge on any atom is 0.417 e. The molecule has 0 aliphatic carbocycles. The Bertz CT molecular complexity index is 1010. The first-order valence-electron chi connectivity index (χ1n) is 7.93. The highest BCUT2D eigenvalue weighted by atomic mass is 19.4. The van der Waals surface area contributed by atoms with Gasteiger partial charge >= 0.3 is 6.18 Å². The van der Waals surface area contributed by atoms with Crippen LogP contribution >= 0.6 is 0 Å². The van der Waals surface area contributed by atoms with Crippen LogP contribution in [0.5, 0.6) is 0 Å². The van der Waals surface area contributed by atoms with Crippen LogP contribution in [-0.4, -0.2) is 21.0 Å². The molecule has 140 valence electrons. The van der Waals surface area contributed by atoms with E-state index in [9.17, 15) is 18.0 Å². The van der Waals surface area contributed by atoms with Crippen molar-refractivity contribution in [3.05, 3.63) is 58.6 Å². The number of aryl methyl sites for hydroxylation is 3. The molecule has 0 unspecified atom stereocenters. The van der Waals surface area contributed by atoms with E-state index in [0.717, 1.165) is 12.1 Å². The molecule has 0 saturated carbocycles. The van der Waals surface area contributed by atoms with E-state index in [1.165, 1.54) is 12.1 Å². The lowest BCUT2D eigenvalue weighted by atomic mass is 10.1. The van der Waals surface area contributed by atoms with Crippen LogP contribution in [0.2, 0.25) is 0 Å². The molecule has 6 nitrogen and oxygen atoms in total. The van der Waals surface area contributed by atoms with Gasteiger partial charge in [0, 0.05) is 12.6 Å². The predicted octanol–water partition coefficient (Wildman–Crippen LogP) is 4.33. The lowest BCUT2D eigenvalue weighted by Crippen LogP contribution is -2.20. The summed E-state index contributed by atoms with van der Waals surface area (Å²) in [6.07, 6.45) is -4.66. The summed E-state index contributed by atoms with van der Waals surface area (Å²) < 4.78 is 44.5. The topological polar surface area (TPSA) is 80.9 Å². The molecule has 0 atom stereocenters. The molecule has 0 aliphatic heterocycles. The van der Waals surface area contributed by atoms with Crippen LogP contribution in [0.1, 0.15) is 33.1 Å². The molecule has 0 bridgehead atoms. The fraction of sp³-hybridized carbons (Fsp3) is 0.222. The van der Waals surface area contributed by atoms with Crippen LogP contribution in [0.3, 0.4) is 0 Å². The van der Waals surface area contributed by atoms with Gasteiger partial charge in [-0.25, -0.2) is 4.98 Å². The summed E-state index contributed by atoms with van der Waals surface area (Å²) in [5.41, 5.74) is 0.138. The number of nitrogens with one attached hydrogen (secondary N) is 1. The second-order valence-electron chi connectivity index (χ2n) is 5.94. The molecule has 1 aromatic carbocycles. The number of carbonyl (C=O) groups is 1. The minimum absolute atomic E-state index is 0.0651. The van der Waals surface area contributed by atoms with E-state index in [4.69, 9.17) is 4.52 Å². The smallest absolute Gasteiger partial charge is 0.339 e. The minimum atomic E-state index is -4.66. The summed E-state index contributed by atoms with van der Waals surface area (Å²) in [7, 11) is 0. The van der Waals surface area contributed by atoms with Crippen LogP contribution < -0.4 is 5.32 Å². The molecule has 0 saturated heterocycles. The molecule has 1 amide bonds. The molecule has 3 rings (SSSR count). The molecule has 1 N–H and O–H groups in total. The number of anilines is 1. The summed E-state index contributed by atoms with van der Waals surface area (Å²) in [6.45, 7) is 5.07. The van der Waals surface area contributed by atoms with Gasteiger partial charge in [-0.1, -0.05) is 17.3 Å². The predicted molar refractivity (Wildman–Crippen MR) is 91.1 cm³/mol. The van der Waals surface area contributed by atoms with Crippen molar-refractivity contribution in [1.29, 1.82) is 0 Å². The Balaban J connectivity index is 2.06. The summed E-state index contributed by atoms with van der Waals surface area (Å²) in [5, 5.41) is 6.27. The molecular weight excluding hydrogens is 361 g/mol. The number of hydrogen-bond acceptors (Lipinski definition) is 5. The number of alkyl halides is 3. The van der Waals surface area contributed by atoms with Gasteiger partial charge in [0.2, 0.25) is 11.7 Å². The van der Waals surface area contributed by atoms with Gasteiger partial charge in [0.05, 0.1) is 16.7 Å². The summed E-state index contributed by atoms with van der Waals surface area (Å²) in [4.78, 5) is 20.9. The zero-order valence-corrected chi connectivity index (χ0v) is 14.7. The van der Waals surface area contributed by atoms with Crippen LogP contribution in [0.15, 0.2) is 34.9 Å². The van der Waals surface area contributed by atoms with E-state index < -0.39 is 23.2 Å². The normalized spacial score (nSPS) is 11.5. The number of halogens is 3. The van der Waals surface area contributed by atoms with Gasteiger partial charge in [0.25, 0.3) is 5.91 Å². The van der Waals surface area contributed by atoms with Crippen molar-refractivity contribution in [2.24, 2.45) is 0 Å². The van der Waals surface area contributed by atoms with Gasteiger partial charge in [-0.15, -0.1) is 0 Å². The molecule has 0 fully saturated rings. The Morgan fingerprint density at radius 3 is 2.44 bits per heavy atom. The average molecular weight is 376 g/mol. The Hall–Kier alpha value is -3.23. The van der Waals surface area contributed by atoms with Crippen molar-refractivity contribution in [3.63, 3.8) is 0 Å². The van der Waals surface area contributed by atoms with Gasteiger partial charge < -0.3 is 9.84 Å². The number of hydrogen-bond donors (Lipinski definition) is 1. The van der Waals surface area contributed by atoms with E-state index in [1.807, 2.05) is 0 Å². The van der Waals surface area contributed by atoms with Crippen LogP contribution in [-0.2, 0) is 6.18 Å². The van der Waals surface area contributed by atoms with Crippen molar-refractivity contribution >= 4 is 11.7 Å². The Kier molecular flexibility index (Phi) is 4.69. The minimum Gasteiger partial charge on any atom is -0.339 e. The highest BCUT2D eigenvalue weighted by Gasteiger charge is 2.35. The van der Waals surface area contributed by atoms with E-state index in [2.05, 4.69) is 20.4 Å². The number of nitrogens with zero attached hydrogens (tertiary/aromatic N) is 3. The van der Waals surface area contributed by atoms with Crippen LogP contribution in [0.4, 0.5) is 19.0 Å². The summed E-state index contributed by atoms with van der Waals surface area (Å²) in [6, 6.07) is 6.30. The monoisotopic (exact) mass is 376 g/mol. The number of aromatic nitrogens is 3. The molecule has 0 spiro atoms. The summed E-state index contributed by atoms with van der Waals surface area (Å²) >= 11 is 0.